The van der Waals surface area contributed by atoms with Crippen molar-refractivity contribution in [3.63, 3.8) is 0 Å². The molecule has 1 atom stereocenters. The van der Waals surface area contributed by atoms with Gasteiger partial charge in [0.15, 0.2) is 0 Å². The molecule has 3 nitrogen and oxygen atoms in total. The summed E-state index contributed by atoms with van der Waals surface area (Å²) in [6, 6.07) is 7.71. The summed E-state index contributed by atoms with van der Waals surface area (Å²) in [5.74, 6) is 1.33. The van der Waals surface area contributed by atoms with Gasteiger partial charge in [0.2, 0.25) is 5.91 Å². The van der Waals surface area contributed by atoms with Gasteiger partial charge in [0.05, 0.1) is 0 Å². The number of amides is 1. The number of rotatable bonds is 5. The highest BCUT2D eigenvalue weighted by Crippen LogP contribution is 2.25. The molecule has 0 aromatic heterocycles. The lowest BCUT2D eigenvalue weighted by Crippen LogP contribution is -2.34. The Morgan fingerprint density at radius 3 is 2.71 bits per heavy atom. The van der Waals surface area contributed by atoms with E-state index in [4.69, 9.17) is 11.6 Å². The molecule has 1 aromatic carbocycles. The summed E-state index contributed by atoms with van der Waals surface area (Å²) >= 11 is 6.16. The first kappa shape index (κ1) is 16.3. The Morgan fingerprint density at radius 2 is 2.05 bits per heavy atom. The number of piperidine rings is 1. The summed E-state index contributed by atoms with van der Waals surface area (Å²) < 4.78 is 0. The molecular formula is C17H25ClN2O. The molecule has 1 amide bonds. The lowest BCUT2D eigenvalue weighted by Gasteiger charge is -2.29. The Labute approximate surface area is 132 Å². The van der Waals surface area contributed by atoms with Crippen LogP contribution in [0, 0.1) is 11.8 Å². The van der Waals surface area contributed by atoms with Gasteiger partial charge < -0.3 is 10.2 Å². The monoisotopic (exact) mass is 308 g/mol. The van der Waals surface area contributed by atoms with Crippen LogP contribution in [0.3, 0.4) is 0 Å². The van der Waals surface area contributed by atoms with Gasteiger partial charge in [0.25, 0.3) is 0 Å². The lowest BCUT2D eigenvalue weighted by molar-refractivity contribution is -0.131. The van der Waals surface area contributed by atoms with Crippen LogP contribution in [-0.4, -0.2) is 30.9 Å². The molecule has 1 unspecified atom stereocenters. The zero-order valence-corrected chi connectivity index (χ0v) is 13.7. The summed E-state index contributed by atoms with van der Waals surface area (Å²) in [4.78, 5) is 14.2. The van der Waals surface area contributed by atoms with Crippen molar-refractivity contribution < 1.29 is 4.79 Å². The molecule has 0 saturated carbocycles. The van der Waals surface area contributed by atoms with E-state index >= 15 is 0 Å². The molecule has 1 aromatic rings. The van der Waals surface area contributed by atoms with E-state index in [9.17, 15) is 4.79 Å². The van der Waals surface area contributed by atoms with Crippen molar-refractivity contribution in [2.45, 2.75) is 32.7 Å². The van der Waals surface area contributed by atoms with E-state index in [0.717, 1.165) is 23.7 Å². The van der Waals surface area contributed by atoms with Crippen LogP contribution in [0.25, 0.3) is 0 Å². The van der Waals surface area contributed by atoms with Crippen LogP contribution < -0.4 is 5.32 Å². The molecule has 0 radical (unpaired) electrons. The number of hydrogen-bond acceptors (Lipinski definition) is 2. The molecule has 116 valence electrons. The van der Waals surface area contributed by atoms with Crippen molar-refractivity contribution in [1.29, 1.82) is 0 Å². The standard InChI is InChI=1S/C17H25ClN2O/c1-13(14-7-9-19-10-8-14)11-17(21)20(2)12-15-5-3-4-6-16(15)18/h3-6,13-14,19H,7-12H2,1-2H3. The fraction of sp³-hybridized carbons (Fsp3) is 0.588. The topological polar surface area (TPSA) is 32.3 Å². The maximum atomic E-state index is 12.4. The smallest absolute Gasteiger partial charge is 0.222 e. The predicted molar refractivity (Wildman–Crippen MR) is 87.3 cm³/mol. The average Bonchev–Trinajstić information content (AvgIpc) is 2.50. The largest absolute Gasteiger partial charge is 0.341 e. The maximum Gasteiger partial charge on any atom is 0.222 e. The number of nitrogens with one attached hydrogen (secondary N) is 1. The van der Waals surface area contributed by atoms with E-state index in [2.05, 4.69) is 12.2 Å². The van der Waals surface area contributed by atoms with Gasteiger partial charge in [-0.25, -0.2) is 0 Å². The fourth-order valence-corrected chi connectivity index (χ4v) is 3.18. The zero-order chi connectivity index (χ0) is 15.2. The van der Waals surface area contributed by atoms with Crippen molar-refractivity contribution >= 4 is 17.5 Å². The van der Waals surface area contributed by atoms with E-state index in [1.54, 1.807) is 4.90 Å². The van der Waals surface area contributed by atoms with E-state index in [1.165, 1.54) is 12.8 Å². The van der Waals surface area contributed by atoms with Crippen LogP contribution in [0.1, 0.15) is 31.7 Å². The molecule has 0 spiro atoms. The van der Waals surface area contributed by atoms with Gasteiger partial charge in [-0.1, -0.05) is 36.7 Å². The number of carbonyl (C=O) groups excluding carboxylic acids is 1. The van der Waals surface area contributed by atoms with Gasteiger partial charge in [0.1, 0.15) is 0 Å². The van der Waals surface area contributed by atoms with Crippen LogP contribution in [0.4, 0.5) is 0 Å². The summed E-state index contributed by atoms with van der Waals surface area (Å²) in [6.45, 7) is 4.95. The Balaban J connectivity index is 1.86. The normalized spacial score (nSPS) is 17.5. The second kappa shape index (κ2) is 7.81. The van der Waals surface area contributed by atoms with Crippen molar-refractivity contribution in [2.24, 2.45) is 11.8 Å². The molecule has 1 N–H and O–H groups in total. The molecule has 0 aliphatic carbocycles. The molecule has 1 saturated heterocycles. The van der Waals surface area contributed by atoms with Crippen molar-refractivity contribution in [3.05, 3.63) is 34.9 Å². The quantitative estimate of drug-likeness (QED) is 0.905. The minimum Gasteiger partial charge on any atom is -0.341 e. The fourth-order valence-electron chi connectivity index (χ4n) is 2.98. The van der Waals surface area contributed by atoms with E-state index < -0.39 is 0 Å². The van der Waals surface area contributed by atoms with E-state index in [-0.39, 0.29) is 5.91 Å². The molecule has 2 rings (SSSR count). The van der Waals surface area contributed by atoms with Crippen LogP contribution in [0.5, 0.6) is 0 Å². The van der Waals surface area contributed by atoms with Crippen LogP contribution in [0.15, 0.2) is 24.3 Å². The Hall–Kier alpha value is -1.06. The van der Waals surface area contributed by atoms with Crippen LogP contribution in [0.2, 0.25) is 5.02 Å². The highest BCUT2D eigenvalue weighted by Gasteiger charge is 2.23. The molecule has 21 heavy (non-hydrogen) atoms. The number of benzene rings is 1. The van der Waals surface area contributed by atoms with Crippen LogP contribution in [-0.2, 0) is 11.3 Å². The van der Waals surface area contributed by atoms with Crippen molar-refractivity contribution in [1.82, 2.24) is 10.2 Å². The third kappa shape index (κ3) is 4.72. The highest BCUT2D eigenvalue weighted by molar-refractivity contribution is 6.31. The summed E-state index contributed by atoms with van der Waals surface area (Å²) in [5, 5.41) is 4.10. The van der Waals surface area contributed by atoms with Crippen LogP contribution >= 0.6 is 11.6 Å². The van der Waals surface area contributed by atoms with Gasteiger partial charge in [-0.3, -0.25) is 4.79 Å². The number of hydrogen-bond donors (Lipinski definition) is 1. The molecule has 1 fully saturated rings. The van der Waals surface area contributed by atoms with E-state index in [0.29, 0.717) is 24.8 Å². The predicted octanol–water partition coefficient (Wildman–Crippen LogP) is 3.32. The Kier molecular flexibility index (Phi) is 6.07. The molecule has 0 bridgehead atoms. The maximum absolute atomic E-state index is 12.4. The molecule has 4 heteroatoms. The van der Waals surface area contributed by atoms with Gasteiger partial charge in [-0.2, -0.15) is 0 Å². The third-order valence-electron chi connectivity index (χ3n) is 4.48. The number of nitrogens with zero attached hydrogens (tertiary/aromatic N) is 1. The first-order valence-corrected chi connectivity index (χ1v) is 8.14. The van der Waals surface area contributed by atoms with Gasteiger partial charge >= 0.3 is 0 Å². The molecular weight excluding hydrogens is 284 g/mol. The zero-order valence-electron chi connectivity index (χ0n) is 12.9. The average molecular weight is 309 g/mol. The lowest BCUT2D eigenvalue weighted by atomic mass is 9.84. The van der Waals surface area contributed by atoms with Gasteiger partial charge in [0, 0.05) is 25.0 Å². The third-order valence-corrected chi connectivity index (χ3v) is 4.84. The number of halogens is 1. The summed E-state index contributed by atoms with van der Waals surface area (Å²) in [7, 11) is 1.86. The SMILES string of the molecule is CC(CC(=O)N(C)Cc1ccccc1Cl)C1CCNCC1. The highest BCUT2D eigenvalue weighted by atomic mass is 35.5. The molecule has 1 aliphatic heterocycles. The minimum absolute atomic E-state index is 0.209. The first-order valence-electron chi connectivity index (χ1n) is 7.76. The Bertz CT molecular complexity index is 472. The summed E-state index contributed by atoms with van der Waals surface area (Å²) in [5.41, 5.74) is 1.00. The first-order chi connectivity index (χ1) is 10.1. The van der Waals surface area contributed by atoms with E-state index in [1.807, 2.05) is 31.3 Å². The summed E-state index contributed by atoms with van der Waals surface area (Å²) in [6.07, 6.45) is 3.00. The van der Waals surface area contributed by atoms with Gasteiger partial charge in [-0.15, -0.1) is 0 Å². The second-order valence-electron chi connectivity index (χ2n) is 6.11. The number of carbonyl (C=O) groups is 1. The molecule has 1 heterocycles. The minimum atomic E-state index is 0.209. The van der Waals surface area contributed by atoms with Crippen molar-refractivity contribution in [3.8, 4) is 0 Å². The van der Waals surface area contributed by atoms with Gasteiger partial charge in [-0.05, 0) is 49.4 Å². The Morgan fingerprint density at radius 1 is 1.38 bits per heavy atom. The van der Waals surface area contributed by atoms with Crippen molar-refractivity contribution in [2.75, 3.05) is 20.1 Å². The molecule has 1 aliphatic rings. The second-order valence-corrected chi connectivity index (χ2v) is 6.52.